The Morgan fingerprint density at radius 3 is 2.73 bits per heavy atom. The summed E-state index contributed by atoms with van der Waals surface area (Å²) in [5.41, 5.74) is 0. The zero-order valence-corrected chi connectivity index (χ0v) is 5.94. The number of methoxy groups -OCH3 is 1. The largest absolute Gasteiger partial charge is 0.469 e. The van der Waals surface area contributed by atoms with Gasteiger partial charge in [-0.25, -0.2) is 0 Å². The van der Waals surface area contributed by atoms with Crippen LogP contribution in [0.4, 0.5) is 0 Å². The van der Waals surface area contributed by atoms with E-state index in [1.54, 1.807) is 0 Å². The number of rotatable bonds is 3. The first-order valence-electron chi connectivity index (χ1n) is 2.78. The molecule has 0 aromatic heterocycles. The molecular formula is C6H7NO4. The Bertz CT molecular complexity index is 205. The molecule has 0 saturated heterocycles. The quantitative estimate of drug-likeness (QED) is 0.247. The topological polar surface area (TPSA) is 69.4 Å². The van der Waals surface area contributed by atoms with Gasteiger partial charge in [0.15, 0.2) is 0 Å². The normalized spacial score (nSPS) is 11.3. The van der Waals surface area contributed by atoms with Gasteiger partial charge in [0.2, 0.25) is 0 Å². The third kappa shape index (κ3) is 3.20. The second-order valence-corrected chi connectivity index (χ2v) is 1.75. The first-order valence-corrected chi connectivity index (χ1v) is 2.78. The van der Waals surface area contributed by atoms with Gasteiger partial charge in [0.25, 0.3) is 6.04 Å². The van der Waals surface area contributed by atoms with Crippen molar-refractivity contribution in [2.24, 2.45) is 0 Å². The fourth-order valence-electron chi connectivity index (χ4n) is 0.436. The van der Waals surface area contributed by atoms with Gasteiger partial charge < -0.3 is 4.74 Å². The van der Waals surface area contributed by atoms with Gasteiger partial charge in [-0.2, -0.15) is 0 Å². The molecule has 0 rings (SSSR count). The number of terminal acetylenes is 1. The summed E-state index contributed by atoms with van der Waals surface area (Å²) in [6.07, 6.45) is 4.40. The zero-order valence-electron chi connectivity index (χ0n) is 5.94. The van der Waals surface area contributed by atoms with Crippen LogP contribution in [0, 0.1) is 22.5 Å². The third-order valence-electron chi connectivity index (χ3n) is 1.03. The molecule has 0 aromatic rings. The molecule has 0 fully saturated rings. The molecule has 5 heteroatoms. The lowest BCUT2D eigenvalue weighted by atomic mass is 10.2. The van der Waals surface area contributed by atoms with Crippen LogP contribution < -0.4 is 0 Å². The van der Waals surface area contributed by atoms with Crippen LogP contribution >= 0.6 is 0 Å². The molecule has 0 N–H and O–H groups in total. The summed E-state index contributed by atoms with van der Waals surface area (Å²) in [5.74, 6) is 1.19. The molecule has 11 heavy (non-hydrogen) atoms. The van der Waals surface area contributed by atoms with Crippen molar-refractivity contribution in [2.45, 2.75) is 12.5 Å². The van der Waals surface area contributed by atoms with Crippen LogP contribution in [0.3, 0.4) is 0 Å². The van der Waals surface area contributed by atoms with Crippen molar-refractivity contribution in [3.8, 4) is 12.3 Å². The molecule has 0 aliphatic carbocycles. The maximum atomic E-state index is 10.5. The molecule has 0 radical (unpaired) electrons. The molecule has 1 unspecified atom stereocenters. The second-order valence-electron chi connectivity index (χ2n) is 1.75. The van der Waals surface area contributed by atoms with Crippen LogP contribution in [0.2, 0.25) is 0 Å². The predicted octanol–water partition coefficient (Wildman–Crippen LogP) is -0.172. The van der Waals surface area contributed by atoms with Crippen LogP contribution in [0.5, 0.6) is 0 Å². The van der Waals surface area contributed by atoms with Gasteiger partial charge in [-0.3, -0.25) is 14.9 Å². The highest BCUT2D eigenvalue weighted by Crippen LogP contribution is 1.96. The van der Waals surface area contributed by atoms with Crippen molar-refractivity contribution in [3.63, 3.8) is 0 Å². The lowest BCUT2D eigenvalue weighted by molar-refractivity contribution is -0.505. The van der Waals surface area contributed by atoms with E-state index in [0.29, 0.717) is 0 Å². The van der Waals surface area contributed by atoms with E-state index in [1.165, 1.54) is 0 Å². The summed E-state index contributed by atoms with van der Waals surface area (Å²) < 4.78 is 4.19. The summed E-state index contributed by atoms with van der Waals surface area (Å²) in [6, 6.07) is -1.28. The molecule has 0 spiro atoms. The van der Waals surface area contributed by atoms with E-state index in [4.69, 9.17) is 6.42 Å². The molecule has 0 aromatic carbocycles. The predicted molar refractivity (Wildman–Crippen MR) is 36.2 cm³/mol. The van der Waals surface area contributed by atoms with Crippen LogP contribution in [0.25, 0.3) is 0 Å². The van der Waals surface area contributed by atoms with E-state index < -0.39 is 16.9 Å². The molecule has 0 saturated carbocycles. The summed E-state index contributed by atoms with van der Waals surface area (Å²) >= 11 is 0. The van der Waals surface area contributed by atoms with Crippen LogP contribution in [0.15, 0.2) is 0 Å². The summed E-state index contributed by atoms with van der Waals surface area (Å²) in [4.78, 5) is 19.8. The molecule has 0 aliphatic rings. The Hall–Kier alpha value is -1.57. The Morgan fingerprint density at radius 2 is 2.45 bits per heavy atom. The van der Waals surface area contributed by atoms with Gasteiger partial charge in [0.1, 0.15) is 6.42 Å². The first-order chi connectivity index (χ1) is 5.11. The number of esters is 1. The maximum absolute atomic E-state index is 10.5. The van der Waals surface area contributed by atoms with Crippen molar-refractivity contribution in [1.82, 2.24) is 0 Å². The van der Waals surface area contributed by atoms with Crippen LogP contribution in [0.1, 0.15) is 6.42 Å². The third-order valence-corrected chi connectivity index (χ3v) is 1.03. The zero-order chi connectivity index (χ0) is 8.85. The molecule has 0 aliphatic heterocycles. The molecular weight excluding hydrogens is 150 g/mol. The van der Waals surface area contributed by atoms with Crippen molar-refractivity contribution in [2.75, 3.05) is 7.11 Å². The monoisotopic (exact) mass is 157 g/mol. The van der Waals surface area contributed by atoms with Gasteiger partial charge in [-0.15, -0.1) is 6.42 Å². The van der Waals surface area contributed by atoms with E-state index in [1.807, 2.05) is 5.92 Å². The molecule has 0 bridgehead atoms. The highest BCUT2D eigenvalue weighted by Gasteiger charge is 2.20. The van der Waals surface area contributed by atoms with Gasteiger partial charge in [-0.1, -0.05) is 0 Å². The highest BCUT2D eigenvalue weighted by atomic mass is 16.6. The van der Waals surface area contributed by atoms with E-state index >= 15 is 0 Å². The molecule has 0 amide bonds. The smallest absolute Gasteiger partial charge is 0.313 e. The standard InChI is InChI=1S/C6H7NO4/c1-3-5(7(9)10)4-6(8)11-2/h1,5H,4H2,2H3. The minimum atomic E-state index is -1.28. The summed E-state index contributed by atoms with van der Waals surface area (Å²) in [6.45, 7) is 0. The van der Waals surface area contributed by atoms with Crippen molar-refractivity contribution in [3.05, 3.63) is 10.1 Å². The van der Waals surface area contributed by atoms with Gasteiger partial charge in [-0.05, 0) is 5.92 Å². The fourth-order valence-corrected chi connectivity index (χ4v) is 0.436. The highest BCUT2D eigenvalue weighted by molar-refractivity contribution is 5.70. The number of hydrogen-bond donors (Lipinski definition) is 0. The van der Waals surface area contributed by atoms with E-state index in [9.17, 15) is 14.9 Å². The SMILES string of the molecule is C#CC(CC(=O)OC)[N+](=O)[O-]. The Balaban J connectivity index is 4.01. The molecule has 0 heterocycles. The Morgan fingerprint density at radius 1 is 1.91 bits per heavy atom. The van der Waals surface area contributed by atoms with Gasteiger partial charge in [0, 0.05) is 4.92 Å². The average Bonchev–Trinajstić information content (AvgIpc) is 1.99. The van der Waals surface area contributed by atoms with Crippen LogP contribution in [-0.4, -0.2) is 24.0 Å². The number of carbonyl (C=O) groups excluding carboxylic acids is 1. The van der Waals surface area contributed by atoms with Crippen LogP contribution in [-0.2, 0) is 9.53 Å². The molecule has 5 nitrogen and oxygen atoms in total. The number of ether oxygens (including phenoxy) is 1. The number of carbonyl (C=O) groups is 1. The lowest BCUT2D eigenvalue weighted by Gasteiger charge is -1.99. The number of nitro groups is 1. The minimum Gasteiger partial charge on any atom is -0.469 e. The Labute approximate surface area is 63.5 Å². The van der Waals surface area contributed by atoms with E-state index in [0.717, 1.165) is 7.11 Å². The van der Waals surface area contributed by atoms with Crippen molar-refractivity contribution < 1.29 is 14.5 Å². The van der Waals surface area contributed by atoms with Crippen molar-refractivity contribution >= 4 is 5.97 Å². The lowest BCUT2D eigenvalue weighted by Crippen LogP contribution is -2.21. The second kappa shape index (κ2) is 4.28. The van der Waals surface area contributed by atoms with Crippen molar-refractivity contribution in [1.29, 1.82) is 0 Å². The van der Waals surface area contributed by atoms with Gasteiger partial charge in [0.05, 0.1) is 7.11 Å². The van der Waals surface area contributed by atoms with E-state index in [-0.39, 0.29) is 6.42 Å². The summed E-state index contributed by atoms with van der Waals surface area (Å²) in [7, 11) is 1.15. The number of hydrogen-bond acceptors (Lipinski definition) is 4. The summed E-state index contributed by atoms with van der Waals surface area (Å²) in [5, 5.41) is 10.0. The molecule has 1 atom stereocenters. The van der Waals surface area contributed by atoms with Gasteiger partial charge >= 0.3 is 5.97 Å². The maximum Gasteiger partial charge on any atom is 0.313 e. The average molecular weight is 157 g/mol. The minimum absolute atomic E-state index is 0.375. The number of nitrogens with zero attached hydrogens (tertiary/aromatic N) is 1. The van der Waals surface area contributed by atoms with E-state index in [2.05, 4.69) is 4.74 Å². The molecule has 60 valence electrons. The fraction of sp³-hybridized carbons (Fsp3) is 0.500. The first kappa shape index (κ1) is 9.43. The Kier molecular flexibility index (Phi) is 3.67.